The Kier molecular flexibility index (Phi) is 5.02. The molecule has 2 rings (SSSR count). The summed E-state index contributed by atoms with van der Waals surface area (Å²) >= 11 is 22.2. The molecule has 0 saturated heterocycles. The van der Waals surface area contributed by atoms with Gasteiger partial charge in [0, 0.05) is 15.6 Å². The summed E-state index contributed by atoms with van der Waals surface area (Å²) in [5.74, 6) is 0.748. The maximum absolute atomic E-state index is 6.48. The van der Waals surface area contributed by atoms with Crippen molar-refractivity contribution >= 4 is 50.7 Å². The molecule has 0 aliphatic carbocycles. The molecule has 5 heteroatoms. The van der Waals surface area contributed by atoms with Gasteiger partial charge in [0.15, 0.2) is 0 Å². The van der Waals surface area contributed by atoms with Gasteiger partial charge >= 0.3 is 0 Å². The van der Waals surface area contributed by atoms with E-state index in [2.05, 4.69) is 15.9 Å². The molecule has 0 radical (unpaired) electrons. The zero-order valence-corrected chi connectivity index (χ0v) is 13.8. The van der Waals surface area contributed by atoms with E-state index >= 15 is 0 Å². The van der Waals surface area contributed by atoms with Gasteiger partial charge in [-0.25, -0.2) is 0 Å². The van der Waals surface area contributed by atoms with E-state index < -0.39 is 5.38 Å². The second kappa shape index (κ2) is 6.36. The SMILES string of the molecule is COc1ccc(C(Cl)c2c(Cl)cccc2Cl)cc1Br. The van der Waals surface area contributed by atoms with Crippen LogP contribution in [0.1, 0.15) is 16.5 Å². The maximum Gasteiger partial charge on any atom is 0.133 e. The average Bonchev–Trinajstić information content (AvgIpc) is 2.38. The molecule has 0 amide bonds. The number of hydrogen-bond acceptors (Lipinski definition) is 1. The van der Waals surface area contributed by atoms with Crippen molar-refractivity contribution in [2.45, 2.75) is 5.38 Å². The number of ether oxygens (including phenoxy) is 1. The van der Waals surface area contributed by atoms with Gasteiger partial charge in [-0.15, -0.1) is 11.6 Å². The van der Waals surface area contributed by atoms with Crippen molar-refractivity contribution in [3.05, 3.63) is 62.0 Å². The molecule has 19 heavy (non-hydrogen) atoms. The van der Waals surface area contributed by atoms with Crippen LogP contribution in [0, 0.1) is 0 Å². The predicted octanol–water partition coefficient (Wildman–Crippen LogP) is 6.09. The number of methoxy groups -OCH3 is 1. The molecule has 2 aromatic rings. The van der Waals surface area contributed by atoms with Crippen LogP contribution in [-0.2, 0) is 0 Å². The standard InChI is InChI=1S/C14H10BrCl3O/c1-19-12-6-5-8(7-9(12)15)14(18)13-10(16)3-2-4-11(13)17/h2-7,14H,1H3. The van der Waals surface area contributed by atoms with Gasteiger partial charge in [0.1, 0.15) is 5.75 Å². The summed E-state index contributed by atoms with van der Waals surface area (Å²) in [6.07, 6.45) is 0. The minimum atomic E-state index is -0.414. The van der Waals surface area contributed by atoms with Crippen molar-refractivity contribution in [3.8, 4) is 5.75 Å². The topological polar surface area (TPSA) is 9.23 Å². The van der Waals surface area contributed by atoms with Gasteiger partial charge in [0.25, 0.3) is 0 Å². The zero-order valence-electron chi connectivity index (χ0n) is 9.96. The highest BCUT2D eigenvalue weighted by atomic mass is 79.9. The summed E-state index contributed by atoms with van der Waals surface area (Å²) < 4.78 is 6.03. The lowest BCUT2D eigenvalue weighted by Gasteiger charge is -2.15. The summed E-state index contributed by atoms with van der Waals surface area (Å²) in [5.41, 5.74) is 1.61. The van der Waals surface area contributed by atoms with Gasteiger partial charge in [0.2, 0.25) is 0 Å². The molecular formula is C14H10BrCl3O. The van der Waals surface area contributed by atoms with Gasteiger partial charge in [0.05, 0.1) is 17.0 Å². The first-order valence-electron chi connectivity index (χ1n) is 5.46. The van der Waals surface area contributed by atoms with Crippen LogP contribution >= 0.6 is 50.7 Å². The number of hydrogen-bond donors (Lipinski definition) is 0. The fourth-order valence-corrected chi connectivity index (χ4v) is 3.42. The van der Waals surface area contributed by atoms with Crippen molar-refractivity contribution in [2.24, 2.45) is 0 Å². The minimum Gasteiger partial charge on any atom is -0.496 e. The van der Waals surface area contributed by atoms with Gasteiger partial charge in [-0.05, 0) is 45.8 Å². The third-order valence-corrected chi connectivity index (χ3v) is 4.47. The highest BCUT2D eigenvalue weighted by molar-refractivity contribution is 9.10. The van der Waals surface area contributed by atoms with Crippen LogP contribution in [-0.4, -0.2) is 7.11 Å². The Bertz CT molecular complexity index is 581. The highest BCUT2D eigenvalue weighted by Gasteiger charge is 2.18. The molecule has 0 heterocycles. The number of alkyl halides is 1. The third-order valence-electron chi connectivity index (χ3n) is 2.72. The minimum absolute atomic E-state index is 0.414. The van der Waals surface area contributed by atoms with Crippen molar-refractivity contribution < 1.29 is 4.74 Å². The Labute approximate surface area is 135 Å². The number of halogens is 4. The summed E-state index contributed by atoms with van der Waals surface area (Å²) in [5, 5.41) is 0.697. The zero-order chi connectivity index (χ0) is 14.0. The molecule has 0 spiro atoms. The monoisotopic (exact) mass is 378 g/mol. The first-order chi connectivity index (χ1) is 9.04. The molecule has 0 bridgehead atoms. The number of benzene rings is 2. The molecule has 0 aliphatic rings. The molecule has 2 aromatic carbocycles. The van der Waals surface area contributed by atoms with Crippen molar-refractivity contribution in [3.63, 3.8) is 0 Å². The average molecular weight is 380 g/mol. The van der Waals surface area contributed by atoms with Crippen LogP contribution in [0.3, 0.4) is 0 Å². The van der Waals surface area contributed by atoms with Gasteiger partial charge < -0.3 is 4.74 Å². The Morgan fingerprint density at radius 1 is 1.11 bits per heavy atom. The van der Waals surface area contributed by atoms with E-state index in [-0.39, 0.29) is 0 Å². The molecule has 0 aromatic heterocycles. The second-order valence-electron chi connectivity index (χ2n) is 3.89. The Hall–Kier alpha value is -0.410. The summed E-state index contributed by atoms with van der Waals surface area (Å²) in [7, 11) is 1.61. The van der Waals surface area contributed by atoms with Crippen LogP contribution < -0.4 is 4.74 Å². The second-order valence-corrected chi connectivity index (χ2v) is 6.00. The van der Waals surface area contributed by atoms with Crippen LogP contribution in [0.2, 0.25) is 10.0 Å². The lowest BCUT2D eigenvalue weighted by Crippen LogP contribution is -1.96. The molecule has 0 aliphatic heterocycles. The smallest absolute Gasteiger partial charge is 0.133 e. The molecule has 0 fully saturated rings. The van der Waals surface area contributed by atoms with Gasteiger partial charge in [-0.2, -0.15) is 0 Å². The predicted molar refractivity (Wildman–Crippen MR) is 84.9 cm³/mol. The van der Waals surface area contributed by atoms with Crippen LogP contribution in [0.15, 0.2) is 40.9 Å². The van der Waals surface area contributed by atoms with E-state index in [1.165, 1.54) is 0 Å². The molecule has 1 atom stereocenters. The molecule has 0 saturated carbocycles. The first kappa shape index (κ1) is 15.0. The fraction of sp³-hybridized carbons (Fsp3) is 0.143. The van der Waals surface area contributed by atoms with Gasteiger partial charge in [-0.1, -0.05) is 35.3 Å². The Balaban J connectivity index is 2.44. The van der Waals surface area contributed by atoms with Gasteiger partial charge in [-0.3, -0.25) is 0 Å². The van der Waals surface area contributed by atoms with E-state index in [0.29, 0.717) is 15.6 Å². The number of rotatable bonds is 3. The Morgan fingerprint density at radius 2 is 1.74 bits per heavy atom. The Morgan fingerprint density at radius 3 is 2.26 bits per heavy atom. The first-order valence-corrected chi connectivity index (χ1v) is 7.44. The van der Waals surface area contributed by atoms with Crippen molar-refractivity contribution in [1.82, 2.24) is 0 Å². The summed E-state index contributed by atoms with van der Waals surface area (Å²) in [6, 6.07) is 11.0. The molecule has 0 N–H and O–H groups in total. The lowest BCUT2D eigenvalue weighted by atomic mass is 10.0. The quantitative estimate of drug-likeness (QED) is 0.585. The maximum atomic E-state index is 6.48. The van der Waals surface area contributed by atoms with E-state index in [9.17, 15) is 0 Å². The molecule has 100 valence electrons. The summed E-state index contributed by atoms with van der Waals surface area (Å²) in [6.45, 7) is 0. The van der Waals surface area contributed by atoms with E-state index in [0.717, 1.165) is 15.8 Å². The lowest BCUT2D eigenvalue weighted by molar-refractivity contribution is 0.412. The fourth-order valence-electron chi connectivity index (χ4n) is 1.76. The highest BCUT2D eigenvalue weighted by Crippen LogP contribution is 2.40. The van der Waals surface area contributed by atoms with E-state index in [4.69, 9.17) is 39.5 Å². The van der Waals surface area contributed by atoms with Crippen molar-refractivity contribution in [1.29, 1.82) is 0 Å². The molecule has 1 unspecified atom stereocenters. The summed E-state index contributed by atoms with van der Waals surface area (Å²) in [4.78, 5) is 0. The van der Waals surface area contributed by atoms with E-state index in [1.54, 1.807) is 25.3 Å². The van der Waals surface area contributed by atoms with Crippen LogP contribution in [0.5, 0.6) is 5.75 Å². The molecule has 1 nitrogen and oxygen atoms in total. The van der Waals surface area contributed by atoms with Crippen LogP contribution in [0.4, 0.5) is 0 Å². The third kappa shape index (κ3) is 3.19. The normalized spacial score (nSPS) is 12.3. The largest absolute Gasteiger partial charge is 0.496 e. The van der Waals surface area contributed by atoms with E-state index in [1.807, 2.05) is 18.2 Å². The van der Waals surface area contributed by atoms with Crippen molar-refractivity contribution in [2.75, 3.05) is 7.11 Å². The van der Waals surface area contributed by atoms with Crippen LogP contribution in [0.25, 0.3) is 0 Å². The molecular weight excluding hydrogens is 370 g/mol.